The van der Waals surface area contributed by atoms with E-state index in [2.05, 4.69) is 5.32 Å². The van der Waals surface area contributed by atoms with Crippen molar-refractivity contribution in [1.82, 2.24) is 5.32 Å². The summed E-state index contributed by atoms with van der Waals surface area (Å²) in [5.41, 5.74) is 0.982. The lowest BCUT2D eigenvalue weighted by Crippen LogP contribution is -2.39. The Morgan fingerprint density at radius 1 is 1.19 bits per heavy atom. The molecule has 1 N–H and O–H groups in total. The summed E-state index contributed by atoms with van der Waals surface area (Å²) in [4.78, 5) is -0.272. The summed E-state index contributed by atoms with van der Waals surface area (Å²) in [6.07, 6.45) is -2.77. The molecule has 1 aliphatic rings. The monoisotopic (exact) mass is 321 g/mol. The fraction of sp³-hybridized carbons (Fsp3) is 0.571. The van der Waals surface area contributed by atoms with Crippen LogP contribution in [0.3, 0.4) is 0 Å². The Kier molecular flexibility index (Phi) is 4.63. The second-order valence-corrected chi connectivity index (χ2v) is 7.36. The SMILES string of the molecule is CCNC1CC(c2ccc(S(=O)(=O)CC(F)(F)F)cc2)C1. The summed E-state index contributed by atoms with van der Waals surface area (Å²) in [5.74, 6) is -1.46. The van der Waals surface area contributed by atoms with Crippen LogP contribution < -0.4 is 5.32 Å². The maximum Gasteiger partial charge on any atom is 0.403 e. The van der Waals surface area contributed by atoms with Crippen LogP contribution in [0.5, 0.6) is 0 Å². The third-order valence-corrected chi connectivity index (χ3v) is 5.39. The summed E-state index contributed by atoms with van der Waals surface area (Å²) in [6, 6.07) is 6.27. The zero-order chi connectivity index (χ0) is 15.7. The minimum absolute atomic E-state index is 0.272. The average Bonchev–Trinajstić information content (AvgIpc) is 2.30. The smallest absolute Gasteiger partial charge is 0.314 e. The van der Waals surface area contributed by atoms with Crippen molar-refractivity contribution >= 4 is 9.84 Å². The second-order valence-electron chi connectivity index (χ2n) is 5.37. The minimum atomic E-state index is -4.72. The van der Waals surface area contributed by atoms with E-state index in [0.717, 1.165) is 24.9 Å². The molecule has 1 aromatic rings. The average molecular weight is 321 g/mol. The predicted molar refractivity (Wildman–Crippen MR) is 74.0 cm³/mol. The molecule has 1 aliphatic carbocycles. The van der Waals surface area contributed by atoms with Crippen LogP contribution in [0.1, 0.15) is 31.2 Å². The van der Waals surface area contributed by atoms with Crippen molar-refractivity contribution in [2.24, 2.45) is 0 Å². The van der Waals surface area contributed by atoms with Crippen LogP contribution in [-0.2, 0) is 9.84 Å². The standard InChI is InChI=1S/C14H18F3NO2S/c1-2-18-12-7-11(8-12)10-3-5-13(6-4-10)21(19,20)9-14(15,16)17/h3-6,11-12,18H,2,7-9H2,1H3. The molecule has 0 heterocycles. The van der Waals surface area contributed by atoms with Gasteiger partial charge in [0.2, 0.25) is 0 Å². The molecule has 1 fully saturated rings. The van der Waals surface area contributed by atoms with Crippen LogP contribution in [0, 0.1) is 0 Å². The van der Waals surface area contributed by atoms with Crippen molar-refractivity contribution in [3.63, 3.8) is 0 Å². The van der Waals surface area contributed by atoms with Crippen molar-refractivity contribution in [2.45, 2.75) is 42.8 Å². The van der Waals surface area contributed by atoms with Gasteiger partial charge in [-0.05, 0) is 43.0 Å². The van der Waals surface area contributed by atoms with Crippen LogP contribution >= 0.6 is 0 Å². The number of rotatable bonds is 5. The van der Waals surface area contributed by atoms with Gasteiger partial charge < -0.3 is 5.32 Å². The fourth-order valence-corrected chi connectivity index (χ4v) is 3.74. The Balaban J connectivity index is 2.03. The molecule has 118 valence electrons. The summed E-state index contributed by atoms with van der Waals surface area (Å²) in [5, 5.41) is 3.32. The first-order valence-electron chi connectivity index (χ1n) is 6.84. The number of hydrogen-bond donors (Lipinski definition) is 1. The maximum atomic E-state index is 12.2. The van der Waals surface area contributed by atoms with Gasteiger partial charge in [0.1, 0.15) is 0 Å². The number of nitrogens with one attached hydrogen (secondary N) is 1. The van der Waals surface area contributed by atoms with E-state index in [4.69, 9.17) is 0 Å². The van der Waals surface area contributed by atoms with Gasteiger partial charge in [-0.25, -0.2) is 8.42 Å². The van der Waals surface area contributed by atoms with Gasteiger partial charge in [0.15, 0.2) is 15.6 Å². The zero-order valence-corrected chi connectivity index (χ0v) is 12.5. The molecule has 0 radical (unpaired) electrons. The maximum absolute atomic E-state index is 12.2. The van der Waals surface area contributed by atoms with E-state index in [-0.39, 0.29) is 4.90 Å². The number of benzene rings is 1. The van der Waals surface area contributed by atoms with Crippen molar-refractivity contribution < 1.29 is 21.6 Å². The second kappa shape index (κ2) is 5.96. The lowest BCUT2D eigenvalue weighted by molar-refractivity contribution is -0.106. The van der Waals surface area contributed by atoms with Crippen LogP contribution in [0.2, 0.25) is 0 Å². The molecule has 7 heteroatoms. The largest absolute Gasteiger partial charge is 0.403 e. The lowest BCUT2D eigenvalue weighted by atomic mass is 9.76. The number of hydrogen-bond acceptors (Lipinski definition) is 3. The molecule has 21 heavy (non-hydrogen) atoms. The molecule has 0 atom stereocenters. The van der Waals surface area contributed by atoms with Gasteiger partial charge in [-0.3, -0.25) is 0 Å². The van der Waals surface area contributed by atoms with Crippen molar-refractivity contribution in [3.05, 3.63) is 29.8 Å². The van der Waals surface area contributed by atoms with Crippen molar-refractivity contribution in [3.8, 4) is 0 Å². The van der Waals surface area contributed by atoms with E-state index >= 15 is 0 Å². The molecule has 1 aromatic carbocycles. The Morgan fingerprint density at radius 2 is 1.76 bits per heavy atom. The molecular formula is C14H18F3NO2S. The summed E-state index contributed by atoms with van der Waals surface area (Å²) in [7, 11) is -4.31. The topological polar surface area (TPSA) is 46.2 Å². The molecule has 0 saturated heterocycles. The quantitative estimate of drug-likeness (QED) is 0.907. The van der Waals surface area contributed by atoms with Gasteiger partial charge in [-0.15, -0.1) is 0 Å². The number of halogens is 3. The van der Waals surface area contributed by atoms with Gasteiger partial charge in [0.05, 0.1) is 4.90 Å². The summed E-state index contributed by atoms with van der Waals surface area (Å²) < 4.78 is 60.0. The molecule has 0 amide bonds. The van der Waals surface area contributed by atoms with Crippen LogP contribution in [0.15, 0.2) is 29.2 Å². The summed E-state index contributed by atoms with van der Waals surface area (Å²) >= 11 is 0. The highest BCUT2D eigenvalue weighted by atomic mass is 32.2. The van der Waals surface area contributed by atoms with Gasteiger partial charge >= 0.3 is 6.18 Å². The highest BCUT2D eigenvalue weighted by molar-refractivity contribution is 7.91. The van der Waals surface area contributed by atoms with Crippen molar-refractivity contribution in [1.29, 1.82) is 0 Å². The van der Waals surface area contributed by atoms with E-state index in [1.807, 2.05) is 6.92 Å². The highest BCUT2D eigenvalue weighted by Gasteiger charge is 2.36. The first-order valence-corrected chi connectivity index (χ1v) is 8.49. The molecule has 1 saturated carbocycles. The van der Waals surface area contributed by atoms with Crippen LogP contribution in [-0.4, -0.2) is 32.9 Å². The Morgan fingerprint density at radius 3 is 2.24 bits per heavy atom. The van der Waals surface area contributed by atoms with E-state index in [1.54, 1.807) is 12.1 Å². The summed E-state index contributed by atoms with van der Waals surface area (Å²) in [6.45, 7) is 2.94. The van der Waals surface area contributed by atoms with Gasteiger partial charge in [-0.2, -0.15) is 13.2 Å². The fourth-order valence-electron chi connectivity index (χ4n) is 2.59. The zero-order valence-electron chi connectivity index (χ0n) is 11.7. The van der Waals surface area contributed by atoms with E-state index in [0.29, 0.717) is 12.0 Å². The first-order chi connectivity index (χ1) is 9.71. The van der Waals surface area contributed by atoms with Crippen LogP contribution in [0.4, 0.5) is 13.2 Å². The molecular weight excluding hydrogens is 303 g/mol. The molecule has 0 bridgehead atoms. The Hall–Kier alpha value is -1.08. The normalized spacial score (nSPS) is 22.9. The Labute approximate surface area is 122 Å². The number of sulfone groups is 1. The third kappa shape index (κ3) is 4.20. The van der Waals surface area contributed by atoms with Crippen LogP contribution in [0.25, 0.3) is 0 Å². The van der Waals surface area contributed by atoms with E-state index in [1.165, 1.54) is 12.1 Å². The van der Waals surface area contributed by atoms with Gasteiger partial charge in [0, 0.05) is 6.04 Å². The molecule has 0 unspecified atom stereocenters. The lowest BCUT2D eigenvalue weighted by Gasteiger charge is -2.36. The first kappa shape index (κ1) is 16.3. The Bertz CT molecular complexity index is 575. The molecule has 0 spiro atoms. The molecule has 0 aromatic heterocycles. The molecule has 2 rings (SSSR count). The van der Waals surface area contributed by atoms with E-state index in [9.17, 15) is 21.6 Å². The van der Waals surface area contributed by atoms with E-state index < -0.39 is 21.8 Å². The number of alkyl halides is 3. The minimum Gasteiger partial charge on any atom is -0.314 e. The highest BCUT2D eigenvalue weighted by Crippen LogP contribution is 2.37. The predicted octanol–water partition coefficient (Wildman–Crippen LogP) is 2.88. The molecule has 3 nitrogen and oxygen atoms in total. The van der Waals surface area contributed by atoms with Gasteiger partial charge in [-0.1, -0.05) is 19.1 Å². The van der Waals surface area contributed by atoms with Gasteiger partial charge in [0.25, 0.3) is 0 Å². The molecule has 0 aliphatic heterocycles. The third-order valence-electron chi connectivity index (χ3n) is 3.70. The van der Waals surface area contributed by atoms with Crippen molar-refractivity contribution in [2.75, 3.05) is 12.3 Å².